The number of methoxy groups -OCH3 is 1. The Morgan fingerprint density at radius 2 is 1.90 bits per heavy atom. The van der Waals surface area contributed by atoms with Crippen LogP contribution >= 0.6 is 0 Å². The van der Waals surface area contributed by atoms with Crippen molar-refractivity contribution in [1.82, 2.24) is 5.32 Å². The van der Waals surface area contributed by atoms with E-state index in [0.29, 0.717) is 17.9 Å². The molecule has 1 rings (SSSR count). The molecule has 0 saturated carbocycles. The van der Waals surface area contributed by atoms with E-state index in [0.717, 1.165) is 11.1 Å². The predicted molar refractivity (Wildman–Crippen MR) is 76.5 cm³/mol. The summed E-state index contributed by atoms with van der Waals surface area (Å²) in [6.07, 6.45) is -0.247. The van der Waals surface area contributed by atoms with Gasteiger partial charge in [-0.15, -0.1) is 0 Å². The number of ketones is 1. The van der Waals surface area contributed by atoms with Crippen LogP contribution in [0, 0.1) is 13.8 Å². The smallest absolute Gasteiger partial charge is 0.305 e. The number of hydrogen-bond donors (Lipinski definition) is 2. The highest BCUT2D eigenvalue weighted by atomic mass is 16.5. The van der Waals surface area contributed by atoms with Gasteiger partial charge in [-0.1, -0.05) is 6.92 Å². The van der Waals surface area contributed by atoms with Crippen LogP contribution in [0.25, 0.3) is 0 Å². The molecule has 0 amide bonds. The van der Waals surface area contributed by atoms with Crippen LogP contribution in [0.15, 0.2) is 12.1 Å². The summed E-state index contributed by atoms with van der Waals surface area (Å²) in [5, 5.41) is 11.8. The van der Waals surface area contributed by atoms with Crippen molar-refractivity contribution in [2.24, 2.45) is 0 Å². The molecule has 0 heterocycles. The standard InChI is InChI=1S/C15H21NO4/c1-5-16-12(8-14(17)18)15(19)11-6-9(2)10(3)7-13(11)20-4/h6-7,12,16H,5,8H2,1-4H3,(H,17,18). The Bertz CT molecular complexity index is 511. The first-order chi connectivity index (χ1) is 9.40. The SMILES string of the molecule is CCNC(CC(=O)O)C(=O)c1cc(C)c(C)cc1OC. The third-order valence-corrected chi connectivity index (χ3v) is 3.23. The van der Waals surface area contributed by atoms with E-state index in [1.165, 1.54) is 7.11 Å². The number of aryl methyl sites for hydroxylation is 2. The third kappa shape index (κ3) is 3.81. The van der Waals surface area contributed by atoms with Crippen LogP contribution in [0.1, 0.15) is 34.8 Å². The number of carbonyl (C=O) groups is 2. The Morgan fingerprint density at radius 1 is 1.30 bits per heavy atom. The van der Waals surface area contributed by atoms with Gasteiger partial charge in [0.2, 0.25) is 0 Å². The second-order valence-electron chi connectivity index (χ2n) is 4.71. The topological polar surface area (TPSA) is 75.6 Å². The van der Waals surface area contributed by atoms with E-state index in [-0.39, 0.29) is 12.2 Å². The van der Waals surface area contributed by atoms with Crippen LogP contribution in [0.3, 0.4) is 0 Å². The molecule has 0 fully saturated rings. The molecule has 0 saturated heterocycles. The van der Waals surface area contributed by atoms with E-state index >= 15 is 0 Å². The van der Waals surface area contributed by atoms with Crippen LogP contribution in [0.2, 0.25) is 0 Å². The van der Waals surface area contributed by atoms with Crippen molar-refractivity contribution in [3.05, 3.63) is 28.8 Å². The zero-order valence-corrected chi connectivity index (χ0v) is 12.3. The van der Waals surface area contributed by atoms with Gasteiger partial charge in [0.25, 0.3) is 0 Å². The molecule has 1 atom stereocenters. The van der Waals surface area contributed by atoms with Gasteiger partial charge in [-0.05, 0) is 43.7 Å². The van der Waals surface area contributed by atoms with E-state index in [2.05, 4.69) is 5.32 Å². The van der Waals surface area contributed by atoms with Crippen molar-refractivity contribution < 1.29 is 19.4 Å². The summed E-state index contributed by atoms with van der Waals surface area (Å²) in [7, 11) is 1.50. The number of carboxylic acid groups (broad SMARTS) is 1. The summed E-state index contributed by atoms with van der Waals surface area (Å²) in [6.45, 7) is 6.20. The number of carboxylic acids is 1. The summed E-state index contributed by atoms with van der Waals surface area (Å²) in [4.78, 5) is 23.4. The summed E-state index contributed by atoms with van der Waals surface area (Å²) in [6, 6.07) is 2.81. The molecule has 1 aromatic carbocycles. The maximum atomic E-state index is 12.5. The second kappa shape index (κ2) is 7.05. The lowest BCUT2D eigenvalue weighted by molar-refractivity contribution is -0.137. The monoisotopic (exact) mass is 279 g/mol. The van der Waals surface area contributed by atoms with Crippen molar-refractivity contribution in [2.75, 3.05) is 13.7 Å². The maximum Gasteiger partial charge on any atom is 0.305 e. The fraction of sp³-hybridized carbons (Fsp3) is 0.467. The van der Waals surface area contributed by atoms with Gasteiger partial charge in [-0.2, -0.15) is 0 Å². The van der Waals surface area contributed by atoms with Gasteiger partial charge < -0.3 is 15.2 Å². The highest BCUT2D eigenvalue weighted by Gasteiger charge is 2.25. The summed E-state index contributed by atoms with van der Waals surface area (Å²) < 4.78 is 5.24. The summed E-state index contributed by atoms with van der Waals surface area (Å²) in [5.74, 6) is -0.785. The second-order valence-corrected chi connectivity index (χ2v) is 4.71. The zero-order chi connectivity index (χ0) is 15.3. The molecule has 1 aromatic rings. The molecule has 1 unspecified atom stereocenters. The molecule has 2 N–H and O–H groups in total. The molecule has 0 aromatic heterocycles. The van der Waals surface area contributed by atoms with E-state index in [4.69, 9.17) is 9.84 Å². The molecule has 20 heavy (non-hydrogen) atoms. The first kappa shape index (κ1) is 16.2. The number of benzene rings is 1. The highest BCUT2D eigenvalue weighted by Crippen LogP contribution is 2.24. The van der Waals surface area contributed by atoms with Crippen molar-refractivity contribution in [3.8, 4) is 5.75 Å². The van der Waals surface area contributed by atoms with Gasteiger partial charge in [-0.25, -0.2) is 0 Å². The summed E-state index contributed by atoms with van der Waals surface area (Å²) in [5.41, 5.74) is 2.42. The van der Waals surface area contributed by atoms with Gasteiger partial charge in [0.15, 0.2) is 5.78 Å². The number of Topliss-reactive ketones (excluding diaryl/α,β-unsaturated/α-hetero) is 1. The number of nitrogens with one attached hydrogen (secondary N) is 1. The molecule has 5 heteroatoms. The van der Waals surface area contributed by atoms with E-state index < -0.39 is 12.0 Å². The molecular formula is C15H21NO4. The minimum absolute atomic E-state index is 0.247. The lowest BCUT2D eigenvalue weighted by Gasteiger charge is -2.17. The molecule has 110 valence electrons. The van der Waals surface area contributed by atoms with Crippen molar-refractivity contribution in [2.45, 2.75) is 33.2 Å². The molecule has 0 radical (unpaired) electrons. The van der Waals surface area contributed by atoms with Crippen LogP contribution < -0.4 is 10.1 Å². The van der Waals surface area contributed by atoms with E-state index in [9.17, 15) is 9.59 Å². The molecule has 0 aliphatic heterocycles. The first-order valence-corrected chi connectivity index (χ1v) is 6.55. The van der Waals surface area contributed by atoms with Crippen LogP contribution in [-0.2, 0) is 4.79 Å². The molecule has 5 nitrogen and oxygen atoms in total. The average molecular weight is 279 g/mol. The predicted octanol–water partition coefficient (Wildman–Crippen LogP) is 1.95. The molecule has 0 aliphatic rings. The Kier molecular flexibility index (Phi) is 5.70. The number of carbonyl (C=O) groups excluding carboxylic acids is 1. The number of hydrogen-bond acceptors (Lipinski definition) is 4. The normalized spacial score (nSPS) is 12.0. The van der Waals surface area contributed by atoms with Crippen molar-refractivity contribution in [3.63, 3.8) is 0 Å². The zero-order valence-electron chi connectivity index (χ0n) is 12.3. The van der Waals surface area contributed by atoms with E-state index in [1.54, 1.807) is 12.1 Å². The van der Waals surface area contributed by atoms with Crippen molar-refractivity contribution >= 4 is 11.8 Å². The lowest BCUT2D eigenvalue weighted by Crippen LogP contribution is -2.38. The Labute approximate surface area is 118 Å². The highest BCUT2D eigenvalue weighted by molar-refractivity contribution is 6.04. The Balaban J connectivity index is 3.16. The van der Waals surface area contributed by atoms with E-state index in [1.807, 2.05) is 20.8 Å². The van der Waals surface area contributed by atoms with Crippen LogP contribution in [0.5, 0.6) is 5.75 Å². The van der Waals surface area contributed by atoms with Gasteiger partial charge in [0.05, 0.1) is 25.1 Å². The maximum absolute atomic E-state index is 12.5. The molecule has 0 spiro atoms. The Morgan fingerprint density at radius 3 is 2.40 bits per heavy atom. The molecule has 0 bridgehead atoms. The fourth-order valence-corrected chi connectivity index (χ4v) is 2.02. The first-order valence-electron chi connectivity index (χ1n) is 6.55. The van der Waals surface area contributed by atoms with Crippen LogP contribution in [0.4, 0.5) is 0 Å². The number of ether oxygens (including phenoxy) is 1. The fourth-order valence-electron chi connectivity index (χ4n) is 2.02. The van der Waals surface area contributed by atoms with Gasteiger partial charge in [0, 0.05) is 0 Å². The van der Waals surface area contributed by atoms with Gasteiger partial charge in [-0.3, -0.25) is 9.59 Å². The lowest BCUT2D eigenvalue weighted by atomic mass is 9.97. The van der Waals surface area contributed by atoms with Gasteiger partial charge >= 0.3 is 5.97 Å². The summed E-state index contributed by atoms with van der Waals surface area (Å²) >= 11 is 0. The number of aliphatic carboxylic acids is 1. The molecule has 0 aliphatic carbocycles. The van der Waals surface area contributed by atoms with Crippen molar-refractivity contribution in [1.29, 1.82) is 0 Å². The van der Waals surface area contributed by atoms with Crippen LogP contribution in [-0.4, -0.2) is 36.6 Å². The molecular weight excluding hydrogens is 258 g/mol. The minimum Gasteiger partial charge on any atom is -0.496 e. The number of likely N-dealkylation sites (N-methyl/N-ethyl adjacent to an activating group) is 1. The quantitative estimate of drug-likeness (QED) is 0.746. The minimum atomic E-state index is -1.01. The largest absolute Gasteiger partial charge is 0.496 e. The Hall–Kier alpha value is -1.88. The number of rotatable bonds is 7. The average Bonchev–Trinajstić information content (AvgIpc) is 2.39. The third-order valence-electron chi connectivity index (χ3n) is 3.23. The van der Waals surface area contributed by atoms with Gasteiger partial charge in [0.1, 0.15) is 5.75 Å².